The van der Waals surface area contributed by atoms with Crippen LogP contribution in [0.3, 0.4) is 0 Å². The number of hydrogen-bond acceptors (Lipinski definition) is 10. The molecule has 5 fully saturated rings. The normalized spacial score (nSPS) is 40.7. The summed E-state index contributed by atoms with van der Waals surface area (Å²) in [6.45, 7) is 4.16. The molecular formula is C24H33ClN5O8P. The summed E-state index contributed by atoms with van der Waals surface area (Å²) in [5.41, 5.74) is 1.14. The predicted octanol–water partition coefficient (Wildman–Crippen LogP) is 2.55. The van der Waals surface area contributed by atoms with Crippen LogP contribution in [0, 0.1) is 16.7 Å². The summed E-state index contributed by atoms with van der Waals surface area (Å²) in [6.07, 6.45) is 1.83. The first-order valence-corrected chi connectivity index (χ1v) is 15.2. The zero-order valence-corrected chi connectivity index (χ0v) is 23.3. The molecule has 1 saturated heterocycles. The molecule has 7 rings (SSSR count). The fourth-order valence-electron chi connectivity index (χ4n) is 8.50. The molecule has 0 radical (unpaired) electrons. The Balaban J connectivity index is 1.26. The lowest BCUT2D eigenvalue weighted by Crippen LogP contribution is -2.61. The van der Waals surface area contributed by atoms with Gasteiger partial charge in [-0.3, -0.25) is 13.9 Å². The summed E-state index contributed by atoms with van der Waals surface area (Å²) >= 11 is 6.35. The number of aliphatic hydroxyl groups excluding tert-OH is 2. The van der Waals surface area contributed by atoms with E-state index in [9.17, 15) is 24.5 Å². The number of carboxylic acids is 1. The van der Waals surface area contributed by atoms with Crippen molar-refractivity contribution in [2.75, 3.05) is 18.1 Å². The Bertz CT molecular complexity index is 1360. The van der Waals surface area contributed by atoms with Gasteiger partial charge >= 0.3 is 13.6 Å². The number of fused-ring (bicyclic) bond motifs is 1. The van der Waals surface area contributed by atoms with Crippen LogP contribution in [-0.4, -0.2) is 82.3 Å². The molecule has 15 heteroatoms. The van der Waals surface area contributed by atoms with E-state index in [2.05, 4.69) is 34.1 Å². The van der Waals surface area contributed by atoms with Gasteiger partial charge in [0.05, 0.1) is 12.9 Å². The van der Waals surface area contributed by atoms with E-state index in [4.69, 9.17) is 26.0 Å². The van der Waals surface area contributed by atoms with Crippen molar-refractivity contribution in [2.24, 2.45) is 16.7 Å². The Morgan fingerprint density at radius 2 is 1.90 bits per heavy atom. The first-order chi connectivity index (χ1) is 18.2. The van der Waals surface area contributed by atoms with E-state index < -0.39 is 50.9 Å². The molecule has 0 spiro atoms. The van der Waals surface area contributed by atoms with Crippen LogP contribution < -0.4 is 5.32 Å². The van der Waals surface area contributed by atoms with Crippen molar-refractivity contribution in [1.82, 2.24) is 19.5 Å². The van der Waals surface area contributed by atoms with Gasteiger partial charge in [-0.2, -0.15) is 9.97 Å². The number of nitrogens with zero attached hydrogens (tertiary/aromatic N) is 4. The molecule has 3 heterocycles. The molecule has 4 bridgehead atoms. The third-order valence-corrected chi connectivity index (χ3v) is 10.2. The fourth-order valence-corrected chi connectivity index (χ4v) is 9.48. The van der Waals surface area contributed by atoms with Gasteiger partial charge in [0.15, 0.2) is 23.2 Å². The molecule has 0 amide bonds. The van der Waals surface area contributed by atoms with Gasteiger partial charge in [-0.05, 0) is 66.9 Å². The maximum atomic E-state index is 11.9. The summed E-state index contributed by atoms with van der Waals surface area (Å²) < 4.78 is 24.0. The number of halogens is 1. The molecule has 214 valence electrons. The van der Waals surface area contributed by atoms with Gasteiger partial charge < -0.3 is 34.8 Å². The van der Waals surface area contributed by atoms with Crippen molar-refractivity contribution in [3.8, 4) is 0 Å². The highest BCUT2D eigenvalue weighted by Gasteiger charge is 2.60. The maximum Gasteiger partial charge on any atom is 0.339 e. The lowest BCUT2D eigenvalue weighted by atomic mass is 9.43. The third kappa shape index (κ3) is 4.96. The van der Waals surface area contributed by atoms with Crippen molar-refractivity contribution >= 4 is 42.1 Å². The standard InChI is InChI=1S/C24H33ClN5O8P/c1-22-3-12-4-23(2,8-22)10-24(5-12,9-22)29-18-15-19(28-21(25)27-18)30(11-26-15)20-17(34)16(33)13(38-20)6-37-39(35,36)7-14(31)32/h11-13,16-17,20,33-34H,3-10H2,1-2H3,(H,31,32)(H,35,36)(H,27,28,29)/t12?,13?,16?,17?,20?,22-,23+,24?. The van der Waals surface area contributed by atoms with E-state index in [0.717, 1.165) is 19.3 Å². The van der Waals surface area contributed by atoms with Gasteiger partial charge in [-0.1, -0.05) is 13.8 Å². The number of rotatable bonds is 8. The minimum absolute atomic E-state index is 0.0169. The van der Waals surface area contributed by atoms with E-state index in [1.165, 1.54) is 30.2 Å². The van der Waals surface area contributed by atoms with Crippen LogP contribution >= 0.6 is 19.2 Å². The Morgan fingerprint density at radius 3 is 2.54 bits per heavy atom. The first kappa shape index (κ1) is 27.3. The molecule has 13 nitrogen and oxygen atoms in total. The number of carbonyl (C=O) groups is 1. The highest BCUT2D eigenvalue weighted by Crippen LogP contribution is 2.67. The minimum atomic E-state index is -4.46. The number of carboxylic acid groups (broad SMARTS) is 1. The van der Waals surface area contributed by atoms with E-state index in [-0.39, 0.29) is 27.3 Å². The molecule has 2 aromatic heterocycles. The molecule has 4 aliphatic carbocycles. The zero-order valence-electron chi connectivity index (χ0n) is 21.7. The van der Waals surface area contributed by atoms with Crippen LogP contribution in [0.25, 0.3) is 11.2 Å². The molecule has 1 aliphatic heterocycles. The van der Waals surface area contributed by atoms with Crippen molar-refractivity contribution in [2.45, 2.75) is 82.5 Å². The quantitative estimate of drug-likeness (QED) is 0.225. The summed E-state index contributed by atoms with van der Waals surface area (Å²) in [7, 11) is -4.46. The second-order valence-corrected chi connectivity index (χ2v) is 14.9. The van der Waals surface area contributed by atoms with Crippen LogP contribution in [0.4, 0.5) is 5.82 Å². The van der Waals surface area contributed by atoms with Gasteiger partial charge in [0, 0.05) is 5.54 Å². The SMILES string of the molecule is C[C@]12CC3CC(Nc4nc(Cl)nc5c4ncn5C4OC(COP(=O)(O)CC(=O)O)C(O)C4O)(C1)C[C@@](C)(C3)C2. The first-order valence-electron chi connectivity index (χ1n) is 13.1. The number of aromatic nitrogens is 4. The number of aliphatic hydroxyl groups is 2. The number of anilines is 1. The number of aliphatic carboxylic acids is 1. The molecule has 2 aromatic rings. The third-order valence-electron chi connectivity index (χ3n) is 8.79. The lowest BCUT2D eigenvalue weighted by molar-refractivity contribution is -0.134. The molecule has 0 aromatic carbocycles. The second kappa shape index (κ2) is 9.07. The Labute approximate surface area is 229 Å². The highest BCUT2D eigenvalue weighted by molar-refractivity contribution is 7.53. The number of imidazole rings is 1. The molecule has 5 aliphatic rings. The Kier molecular flexibility index (Phi) is 6.35. The van der Waals surface area contributed by atoms with Gasteiger partial charge in [0.2, 0.25) is 5.28 Å². The van der Waals surface area contributed by atoms with Crippen LogP contribution in [0.2, 0.25) is 5.28 Å². The average Bonchev–Trinajstić information content (AvgIpc) is 3.30. The Hall–Kier alpha value is -1.86. The van der Waals surface area contributed by atoms with Crippen LogP contribution in [-0.2, 0) is 18.6 Å². The van der Waals surface area contributed by atoms with Crippen molar-refractivity contribution in [3.63, 3.8) is 0 Å². The minimum Gasteiger partial charge on any atom is -0.481 e. The van der Waals surface area contributed by atoms with Crippen LogP contribution in [0.5, 0.6) is 0 Å². The van der Waals surface area contributed by atoms with Crippen molar-refractivity contribution < 1.29 is 38.8 Å². The molecule has 9 atom stereocenters. The smallest absolute Gasteiger partial charge is 0.339 e. The van der Waals surface area contributed by atoms with E-state index in [0.29, 0.717) is 17.3 Å². The topological polar surface area (TPSA) is 189 Å². The summed E-state index contributed by atoms with van der Waals surface area (Å²) in [5, 5.41) is 33.7. The largest absolute Gasteiger partial charge is 0.481 e. The van der Waals surface area contributed by atoms with Crippen molar-refractivity contribution in [3.05, 3.63) is 11.6 Å². The maximum absolute atomic E-state index is 11.9. The number of hydrogen-bond donors (Lipinski definition) is 5. The van der Waals surface area contributed by atoms with Crippen LogP contribution in [0.15, 0.2) is 6.33 Å². The number of ether oxygens (including phenoxy) is 1. The average molecular weight is 586 g/mol. The molecule has 39 heavy (non-hydrogen) atoms. The molecule has 4 saturated carbocycles. The monoisotopic (exact) mass is 585 g/mol. The summed E-state index contributed by atoms with van der Waals surface area (Å²) in [4.78, 5) is 33.8. The molecular weight excluding hydrogens is 553 g/mol. The predicted molar refractivity (Wildman–Crippen MR) is 138 cm³/mol. The molecule has 5 N–H and O–H groups in total. The summed E-state index contributed by atoms with van der Waals surface area (Å²) in [6, 6.07) is 0. The lowest BCUT2D eigenvalue weighted by Gasteiger charge is -2.65. The fraction of sp³-hybridized carbons (Fsp3) is 0.750. The van der Waals surface area contributed by atoms with Gasteiger partial charge in [-0.15, -0.1) is 0 Å². The highest BCUT2D eigenvalue weighted by atomic mass is 35.5. The van der Waals surface area contributed by atoms with Gasteiger partial charge in [0.1, 0.15) is 24.5 Å². The van der Waals surface area contributed by atoms with E-state index in [1.54, 1.807) is 0 Å². The number of nitrogens with one attached hydrogen (secondary N) is 1. The van der Waals surface area contributed by atoms with E-state index in [1.807, 2.05) is 0 Å². The van der Waals surface area contributed by atoms with Crippen molar-refractivity contribution in [1.29, 1.82) is 0 Å². The zero-order chi connectivity index (χ0) is 28.0. The Morgan fingerprint density at radius 1 is 1.21 bits per heavy atom. The van der Waals surface area contributed by atoms with Gasteiger partial charge in [-0.25, -0.2) is 4.98 Å². The molecule has 7 unspecified atom stereocenters. The summed E-state index contributed by atoms with van der Waals surface area (Å²) in [5.74, 6) is -0.350. The second-order valence-electron chi connectivity index (χ2n) is 12.7. The van der Waals surface area contributed by atoms with Gasteiger partial charge in [0.25, 0.3) is 0 Å². The van der Waals surface area contributed by atoms with E-state index >= 15 is 0 Å². The van der Waals surface area contributed by atoms with Crippen LogP contribution in [0.1, 0.15) is 58.6 Å².